The van der Waals surface area contributed by atoms with Gasteiger partial charge in [0, 0.05) is 36.7 Å². The van der Waals surface area contributed by atoms with Crippen LogP contribution in [0.25, 0.3) is 0 Å². The first-order valence-corrected chi connectivity index (χ1v) is 8.51. The summed E-state index contributed by atoms with van der Waals surface area (Å²) in [7, 11) is 1.94. The van der Waals surface area contributed by atoms with Crippen molar-refractivity contribution in [2.75, 3.05) is 6.61 Å². The second-order valence-electron chi connectivity index (χ2n) is 6.87. The molecule has 2 fully saturated rings. The van der Waals surface area contributed by atoms with Gasteiger partial charge in [0.2, 0.25) is 5.91 Å². The van der Waals surface area contributed by atoms with Crippen molar-refractivity contribution in [3.63, 3.8) is 0 Å². The van der Waals surface area contributed by atoms with Crippen molar-refractivity contribution in [1.82, 2.24) is 15.1 Å². The molecule has 1 aliphatic carbocycles. The minimum absolute atomic E-state index is 0.0111. The lowest BCUT2D eigenvalue weighted by Gasteiger charge is -2.20. The zero-order chi connectivity index (χ0) is 16.8. The van der Waals surface area contributed by atoms with Crippen LogP contribution in [0.2, 0.25) is 0 Å². The van der Waals surface area contributed by atoms with Gasteiger partial charge in [-0.1, -0.05) is 0 Å². The SMILES string of the molecule is Cc1nn(C)c(C)c1[C@H]1OCC[C@@H]1NC(=O)[C@H]1C[C@H]1c1ccco1. The van der Waals surface area contributed by atoms with Crippen LogP contribution in [0.1, 0.15) is 47.6 Å². The maximum Gasteiger partial charge on any atom is 0.224 e. The third-order valence-electron chi connectivity index (χ3n) is 5.30. The first-order chi connectivity index (χ1) is 11.6. The fourth-order valence-corrected chi connectivity index (χ4v) is 3.81. The van der Waals surface area contributed by atoms with E-state index in [9.17, 15) is 4.79 Å². The summed E-state index contributed by atoms with van der Waals surface area (Å²) in [5.41, 5.74) is 3.18. The second kappa shape index (κ2) is 5.77. The molecule has 0 unspecified atom stereocenters. The molecule has 6 heteroatoms. The quantitative estimate of drug-likeness (QED) is 0.935. The van der Waals surface area contributed by atoms with Gasteiger partial charge in [-0.2, -0.15) is 5.10 Å². The van der Waals surface area contributed by atoms with Crippen molar-refractivity contribution in [1.29, 1.82) is 0 Å². The Morgan fingerprint density at radius 2 is 2.25 bits per heavy atom. The summed E-state index contributed by atoms with van der Waals surface area (Å²) >= 11 is 0. The molecule has 6 nitrogen and oxygen atoms in total. The summed E-state index contributed by atoms with van der Waals surface area (Å²) < 4.78 is 13.2. The number of carbonyl (C=O) groups excluding carboxylic acids is 1. The molecule has 1 N–H and O–H groups in total. The number of amides is 1. The number of nitrogens with zero attached hydrogens (tertiary/aromatic N) is 2. The second-order valence-corrected chi connectivity index (χ2v) is 6.87. The number of hydrogen-bond donors (Lipinski definition) is 1. The van der Waals surface area contributed by atoms with Gasteiger partial charge in [-0.3, -0.25) is 9.48 Å². The van der Waals surface area contributed by atoms with Crippen molar-refractivity contribution in [2.24, 2.45) is 13.0 Å². The van der Waals surface area contributed by atoms with E-state index < -0.39 is 0 Å². The van der Waals surface area contributed by atoms with E-state index in [4.69, 9.17) is 9.15 Å². The third-order valence-corrected chi connectivity index (χ3v) is 5.30. The van der Waals surface area contributed by atoms with Gasteiger partial charge in [-0.15, -0.1) is 0 Å². The Bertz CT molecular complexity index is 750. The summed E-state index contributed by atoms with van der Waals surface area (Å²) in [5, 5.41) is 7.68. The molecule has 2 aromatic rings. The van der Waals surface area contributed by atoms with Crippen LogP contribution in [0, 0.1) is 19.8 Å². The molecule has 0 radical (unpaired) electrons. The van der Waals surface area contributed by atoms with E-state index >= 15 is 0 Å². The lowest BCUT2D eigenvalue weighted by Crippen LogP contribution is -2.38. The molecule has 0 spiro atoms. The van der Waals surface area contributed by atoms with Crippen LogP contribution in [0.15, 0.2) is 22.8 Å². The van der Waals surface area contributed by atoms with Crippen molar-refractivity contribution in [3.05, 3.63) is 41.1 Å². The standard InChI is InChI=1S/C18H23N3O3/c1-10-16(11(2)21(3)20-10)17-14(6-8-24-17)19-18(22)13-9-12(13)15-5-4-7-23-15/h4-5,7,12-14,17H,6,8-9H2,1-3H3,(H,19,22)/t12-,13+,14+,17+/m1/s1. The molecular weight excluding hydrogens is 306 g/mol. The number of nitrogens with one attached hydrogen (secondary N) is 1. The number of carbonyl (C=O) groups is 1. The van der Waals surface area contributed by atoms with Crippen LogP contribution >= 0.6 is 0 Å². The monoisotopic (exact) mass is 329 g/mol. The van der Waals surface area contributed by atoms with E-state index in [1.165, 1.54) is 0 Å². The molecule has 1 aliphatic heterocycles. The average Bonchev–Trinajstić information content (AvgIpc) is 2.86. The van der Waals surface area contributed by atoms with Gasteiger partial charge in [0.25, 0.3) is 0 Å². The van der Waals surface area contributed by atoms with Crippen molar-refractivity contribution in [3.8, 4) is 0 Å². The number of furan rings is 1. The number of aryl methyl sites for hydroxylation is 2. The maximum absolute atomic E-state index is 12.6. The van der Waals surface area contributed by atoms with Gasteiger partial charge in [-0.25, -0.2) is 0 Å². The molecule has 4 atom stereocenters. The fraction of sp³-hybridized carbons (Fsp3) is 0.556. The van der Waals surface area contributed by atoms with Crippen molar-refractivity contribution < 1.29 is 13.9 Å². The first-order valence-electron chi connectivity index (χ1n) is 8.51. The highest BCUT2D eigenvalue weighted by atomic mass is 16.5. The number of ether oxygens (including phenoxy) is 1. The molecule has 4 rings (SSSR count). The van der Waals surface area contributed by atoms with Gasteiger partial charge >= 0.3 is 0 Å². The Kier molecular flexibility index (Phi) is 3.72. The van der Waals surface area contributed by atoms with Gasteiger partial charge in [0.15, 0.2) is 0 Å². The fourth-order valence-electron chi connectivity index (χ4n) is 3.81. The summed E-state index contributed by atoms with van der Waals surface area (Å²) in [6.45, 7) is 4.70. The molecule has 2 aliphatic rings. The Morgan fingerprint density at radius 3 is 2.92 bits per heavy atom. The molecule has 0 bridgehead atoms. The summed E-state index contributed by atoms with van der Waals surface area (Å²) in [6, 6.07) is 3.83. The van der Waals surface area contributed by atoms with Crippen LogP contribution in [-0.4, -0.2) is 28.3 Å². The van der Waals surface area contributed by atoms with Crippen molar-refractivity contribution in [2.45, 2.75) is 44.8 Å². The van der Waals surface area contributed by atoms with Crippen LogP contribution in [0.5, 0.6) is 0 Å². The largest absolute Gasteiger partial charge is 0.469 e. The van der Waals surface area contributed by atoms with Gasteiger partial charge < -0.3 is 14.5 Å². The molecule has 3 heterocycles. The van der Waals surface area contributed by atoms with E-state index in [0.717, 1.165) is 35.6 Å². The minimum atomic E-state index is -0.108. The highest BCUT2D eigenvalue weighted by Gasteiger charge is 2.47. The molecule has 24 heavy (non-hydrogen) atoms. The molecule has 0 aromatic carbocycles. The van der Waals surface area contributed by atoms with Crippen LogP contribution in [0.4, 0.5) is 0 Å². The Balaban J connectivity index is 1.45. The predicted molar refractivity (Wildman–Crippen MR) is 87.5 cm³/mol. The number of aromatic nitrogens is 2. The zero-order valence-electron chi connectivity index (χ0n) is 14.3. The van der Waals surface area contributed by atoms with E-state index in [2.05, 4.69) is 10.4 Å². The zero-order valence-corrected chi connectivity index (χ0v) is 14.3. The molecule has 1 saturated carbocycles. The Hall–Kier alpha value is -2.08. The summed E-state index contributed by atoms with van der Waals surface area (Å²) in [6.07, 6.45) is 3.26. The predicted octanol–water partition coefficient (Wildman–Crippen LogP) is 2.38. The highest BCUT2D eigenvalue weighted by Crippen LogP contribution is 2.48. The van der Waals surface area contributed by atoms with Gasteiger partial charge in [-0.05, 0) is 38.8 Å². The van der Waals surface area contributed by atoms with E-state index in [1.807, 2.05) is 37.7 Å². The van der Waals surface area contributed by atoms with E-state index in [1.54, 1.807) is 6.26 Å². The lowest BCUT2D eigenvalue weighted by molar-refractivity contribution is -0.123. The van der Waals surface area contributed by atoms with E-state index in [0.29, 0.717) is 6.61 Å². The maximum atomic E-state index is 12.6. The van der Waals surface area contributed by atoms with Crippen LogP contribution in [-0.2, 0) is 16.6 Å². The molecule has 2 aromatic heterocycles. The first kappa shape index (κ1) is 15.4. The lowest BCUT2D eigenvalue weighted by atomic mass is 10.00. The van der Waals surface area contributed by atoms with Gasteiger partial charge in [0.05, 0.1) is 18.0 Å². The smallest absolute Gasteiger partial charge is 0.224 e. The van der Waals surface area contributed by atoms with Crippen LogP contribution < -0.4 is 5.32 Å². The Morgan fingerprint density at radius 1 is 1.42 bits per heavy atom. The van der Waals surface area contributed by atoms with E-state index in [-0.39, 0.29) is 29.9 Å². The van der Waals surface area contributed by atoms with Crippen LogP contribution in [0.3, 0.4) is 0 Å². The van der Waals surface area contributed by atoms with Gasteiger partial charge in [0.1, 0.15) is 11.9 Å². The third kappa shape index (κ3) is 2.55. The summed E-state index contributed by atoms with van der Waals surface area (Å²) in [4.78, 5) is 12.6. The Labute approximate surface area is 141 Å². The molecule has 1 saturated heterocycles. The molecular formula is C18H23N3O3. The highest BCUT2D eigenvalue weighted by molar-refractivity contribution is 5.83. The van der Waals surface area contributed by atoms with Crippen molar-refractivity contribution >= 4 is 5.91 Å². The minimum Gasteiger partial charge on any atom is -0.469 e. The number of hydrogen-bond acceptors (Lipinski definition) is 4. The summed E-state index contributed by atoms with van der Waals surface area (Å²) in [5.74, 6) is 1.26. The number of rotatable bonds is 4. The topological polar surface area (TPSA) is 69.3 Å². The molecule has 128 valence electrons. The molecule has 1 amide bonds. The normalized spacial score (nSPS) is 29.0. The average molecular weight is 329 g/mol.